The molecule has 0 unspecified atom stereocenters. The van der Waals surface area contributed by atoms with Crippen LogP contribution in [0.4, 0.5) is 0 Å². The molecule has 0 aromatic heterocycles. The Morgan fingerprint density at radius 1 is 1.14 bits per heavy atom. The fraction of sp³-hybridized carbons (Fsp3) is 0.333. The summed E-state index contributed by atoms with van der Waals surface area (Å²) < 4.78 is 0. The van der Waals surface area contributed by atoms with Gasteiger partial charge >= 0.3 is 0 Å². The van der Waals surface area contributed by atoms with E-state index in [0.29, 0.717) is 6.54 Å². The maximum Gasteiger partial charge on any atom is 0.129 e. The molecule has 0 amide bonds. The van der Waals surface area contributed by atoms with Gasteiger partial charge in [-0.15, -0.1) is 5.54 Å². The molecule has 74 valence electrons. The molecule has 0 aliphatic carbocycles. The van der Waals surface area contributed by atoms with Gasteiger partial charge in [-0.2, -0.15) is 0 Å². The first-order valence-corrected chi connectivity index (χ1v) is 8.33. The van der Waals surface area contributed by atoms with E-state index >= 15 is 0 Å². The SMILES string of the molecule is C[Si](C)(C)C#Cc1ccc(CN)cc1. The van der Waals surface area contributed by atoms with Crippen molar-refractivity contribution in [1.29, 1.82) is 0 Å². The molecule has 0 radical (unpaired) electrons. The van der Waals surface area contributed by atoms with Gasteiger partial charge in [0.1, 0.15) is 8.07 Å². The Morgan fingerprint density at radius 3 is 2.14 bits per heavy atom. The molecule has 2 N–H and O–H groups in total. The monoisotopic (exact) mass is 203 g/mol. The molecule has 14 heavy (non-hydrogen) atoms. The Bertz CT molecular complexity index is 349. The molecule has 1 aromatic carbocycles. The second kappa shape index (κ2) is 4.45. The smallest absolute Gasteiger partial charge is 0.129 e. The standard InChI is InChI=1S/C12H17NSi/c1-14(2,3)9-8-11-4-6-12(10-13)7-5-11/h4-7H,10,13H2,1-3H3. The van der Waals surface area contributed by atoms with E-state index < -0.39 is 8.07 Å². The van der Waals surface area contributed by atoms with Gasteiger partial charge in [0, 0.05) is 12.1 Å². The van der Waals surface area contributed by atoms with Crippen molar-refractivity contribution in [2.75, 3.05) is 0 Å². The van der Waals surface area contributed by atoms with Gasteiger partial charge in [0.15, 0.2) is 0 Å². The molecule has 0 aliphatic rings. The van der Waals surface area contributed by atoms with Gasteiger partial charge in [-0.1, -0.05) is 37.7 Å². The molecular weight excluding hydrogens is 186 g/mol. The van der Waals surface area contributed by atoms with Crippen molar-refractivity contribution < 1.29 is 0 Å². The van der Waals surface area contributed by atoms with E-state index in [2.05, 4.69) is 31.1 Å². The second-order valence-electron chi connectivity index (χ2n) is 4.40. The highest BCUT2D eigenvalue weighted by molar-refractivity contribution is 6.83. The molecule has 0 saturated heterocycles. The lowest BCUT2D eigenvalue weighted by Crippen LogP contribution is -2.16. The van der Waals surface area contributed by atoms with E-state index in [1.54, 1.807) is 0 Å². The predicted octanol–water partition coefficient (Wildman–Crippen LogP) is 2.37. The largest absolute Gasteiger partial charge is 0.326 e. The van der Waals surface area contributed by atoms with Crippen LogP contribution in [0.15, 0.2) is 24.3 Å². The molecule has 0 heterocycles. The quantitative estimate of drug-likeness (QED) is 0.550. The molecule has 2 heteroatoms. The van der Waals surface area contributed by atoms with Crippen LogP contribution in [0.3, 0.4) is 0 Å². The van der Waals surface area contributed by atoms with Crippen LogP contribution in [0.2, 0.25) is 19.6 Å². The highest BCUT2D eigenvalue weighted by Gasteiger charge is 2.07. The molecule has 0 spiro atoms. The van der Waals surface area contributed by atoms with Crippen molar-refractivity contribution in [3.8, 4) is 11.5 Å². The molecule has 0 bridgehead atoms. The van der Waals surface area contributed by atoms with Crippen LogP contribution >= 0.6 is 0 Å². The first-order chi connectivity index (χ1) is 6.51. The predicted molar refractivity (Wildman–Crippen MR) is 64.6 cm³/mol. The number of nitrogens with two attached hydrogens (primary N) is 1. The number of hydrogen-bond donors (Lipinski definition) is 1. The fourth-order valence-corrected chi connectivity index (χ4v) is 1.50. The third kappa shape index (κ3) is 3.78. The summed E-state index contributed by atoms with van der Waals surface area (Å²) in [4.78, 5) is 0. The Hall–Kier alpha value is -1.04. The Labute approximate surface area is 87.3 Å². The van der Waals surface area contributed by atoms with Crippen LogP contribution in [0.25, 0.3) is 0 Å². The second-order valence-corrected chi connectivity index (χ2v) is 9.15. The molecule has 1 aromatic rings. The van der Waals surface area contributed by atoms with E-state index in [1.165, 1.54) is 0 Å². The lowest BCUT2D eigenvalue weighted by Gasteiger charge is -2.03. The summed E-state index contributed by atoms with van der Waals surface area (Å²) in [5.74, 6) is 3.21. The number of rotatable bonds is 1. The van der Waals surface area contributed by atoms with Crippen LogP contribution in [-0.4, -0.2) is 8.07 Å². The summed E-state index contributed by atoms with van der Waals surface area (Å²) in [6.45, 7) is 7.33. The summed E-state index contributed by atoms with van der Waals surface area (Å²) in [5.41, 5.74) is 11.1. The Morgan fingerprint density at radius 2 is 1.71 bits per heavy atom. The van der Waals surface area contributed by atoms with Gasteiger partial charge in [0.2, 0.25) is 0 Å². The lowest BCUT2D eigenvalue weighted by atomic mass is 10.1. The van der Waals surface area contributed by atoms with Crippen molar-refractivity contribution >= 4 is 8.07 Å². The van der Waals surface area contributed by atoms with Gasteiger partial charge in [-0.3, -0.25) is 0 Å². The summed E-state index contributed by atoms with van der Waals surface area (Å²) >= 11 is 0. The summed E-state index contributed by atoms with van der Waals surface area (Å²) in [5, 5.41) is 0. The van der Waals surface area contributed by atoms with Gasteiger partial charge in [0.05, 0.1) is 0 Å². The zero-order valence-electron chi connectivity index (χ0n) is 9.09. The third-order valence-corrected chi connectivity index (χ3v) is 2.65. The zero-order chi connectivity index (χ0) is 10.6. The summed E-state index contributed by atoms with van der Waals surface area (Å²) in [6, 6.07) is 8.15. The summed E-state index contributed by atoms with van der Waals surface area (Å²) in [7, 11) is -1.25. The molecular formula is C12H17NSi. The van der Waals surface area contributed by atoms with Crippen LogP contribution < -0.4 is 5.73 Å². The first-order valence-electron chi connectivity index (χ1n) is 4.83. The maximum atomic E-state index is 5.51. The van der Waals surface area contributed by atoms with Crippen molar-refractivity contribution in [2.45, 2.75) is 26.2 Å². The molecule has 0 saturated carbocycles. The zero-order valence-corrected chi connectivity index (χ0v) is 10.1. The maximum absolute atomic E-state index is 5.51. The molecule has 0 aliphatic heterocycles. The van der Waals surface area contributed by atoms with E-state index in [1.807, 2.05) is 24.3 Å². The normalized spacial score (nSPS) is 10.6. The molecule has 1 rings (SSSR count). The van der Waals surface area contributed by atoms with Crippen LogP contribution in [0.5, 0.6) is 0 Å². The van der Waals surface area contributed by atoms with Crippen LogP contribution in [0.1, 0.15) is 11.1 Å². The average molecular weight is 203 g/mol. The molecule has 1 nitrogen and oxygen atoms in total. The van der Waals surface area contributed by atoms with Gasteiger partial charge in [0.25, 0.3) is 0 Å². The highest BCUT2D eigenvalue weighted by Crippen LogP contribution is 2.03. The van der Waals surface area contributed by atoms with Crippen LogP contribution in [-0.2, 0) is 6.54 Å². The molecule has 0 atom stereocenters. The van der Waals surface area contributed by atoms with Crippen molar-refractivity contribution in [3.63, 3.8) is 0 Å². The Balaban J connectivity index is 2.82. The number of benzene rings is 1. The van der Waals surface area contributed by atoms with Crippen molar-refractivity contribution in [2.24, 2.45) is 5.73 Å². The van der Waals surface area contributed by atoms with Gasteiger partial charge < -0.3 is 5.73 Å². The van der Waals surface area contributed by atoms with Crippen molar-refractivity contribution in [1.82, 2.24) is 0 Å². The highest BCUT2D eigenvalue weighted by atomic mass is 28.3. The third-order valence-electron chi connectivity index (χ3n) is 1.77. The Kier molecular flexibility index (Phi) is 3.51. The number of hydrogen-bond acceptors (Lipinski definition) is 1. The van der Waals surface area contributed by atoms with Crippen LogP contribution in [0, 0.1) is 11.5 Å². The molecule has 0 fully saturated rings. The topological polar surface area (TPSA) is 26.0 Å². The van der Waals surface area contributed by atoms with E-state index in [4.69, 9.17) is 5.73 Å². The minimum atomic E-state index is -1.25. The van der Waals surface area contributed by atoms with E-state index in [0.717, 1.165) is 11.1 Å². The fourth-order valence-electron chi connectivity index (χ4n) is 0.984. The van der Waals surface area contributed by atoms with Crippen molar-refractivity contribution in [3.05, 3.63) is 35.4 Å². The van der Waals surface area contributed by atoms with Gasteiger partial charge in [-0.25, -0.2) is 0 Å². The average Bonchev–Trinajstić information content (AvgIpc) is 2.14. The lowest BCUT2D eigenvalue weighted by molar-refractivity contribution is 1.07. The first kappa shape index (κ1) is 11.0. The minimum absolute atomic E-state index is 0.599. The minimum Gasteiger partial charge on any atom is -0.326 e. The van der Waals surface area contributed by atoms with E-state index in [9.17, 15) is 0 Å². The van der Waals surface area contributed by atoms with E-state index in [-0.39, 0.29) is 0 Å². The summed E-state index contributed by atoms with van der Waals surface area (Å²) in [6.07, 6.45) is 0. The van der Waals surface area contributed by atoms with Gasteiger partial charge in [-0.05, 0) is 17.7 Å².